The van der Waals surface area contributed by atoms with Gasteiger partial charge in [-0.1, -0.05) is 23.7 Å². The first-order valence-corrected chi connectivity index (χ1v) is 7.48. The maximum atomic E-state index is 11.7. The van der Waals surface area contributed by atoms with E-state index in [2.05, 4.69) is 15.9 Å². The number of ether oxygens (including phenoxy) is 2. The minimum atomic E-state index is -0.480. The van der Waals surface area contributed by atoms with Crippen molar-refractivity contribution in [2.45, 2.75) is 6.61 Å². The molecule has 0 aliphatic rings. The summed E-state index contributed by atoms with van der Waals surface area (Å²) in [5.41, 5.74) is 1.37. The lowest BCUT2D eigenvalue weighted by molar-refractivity contribution is -0.147. The second-order valence-electron chi connectivity index (χ2n) is 4.33. The van der Waals surface area contributed by atoms with Gasteiger partial charge in [0, 0.05) is 5.02 Å². The third-order valence-corrected chi connectivity index (χ3v) is 3.58. The van der Waals surface area contributed by atoms with Crippen LogP contribution in [0.15, 0.2) is 46.9 Å². The molecule has 6 heteroatoms. The van der Waals surface area contributed by atoms with Crippen molar-refractivity contribution in [1.82, 2.24) is 0 Å². The van der Waals surface area contributed by atoms with E-state index in [1.807, 2.05) is 6.07 Å². The maximum absolute atomic E-state index is 11.7. The molecule has 0 atom stereocenters. The van der Waals surface area contributed by atoms with E-state index in [0.717, 1.165) is 5.56 Å². The summed E-state index contributed by atoms with van der Waals surface area (Å²) in [4.78, 5) is 11.7. The highest BCUT2D eigenvalue weighted by Crippen LogP contribution is 2.27. The summed E-state index contributed by atoms with van der Waals surface area (Å²) in [5.74, 6) is 0.0333. The van der Waals surface area contributed by atoms with Gasteiger partial charge in [-0.05, 0) is 51.8 Å². The van der Waals surface area contributed by atoms with Gasteiger partial charge in [0.05, 0.1) is 16.1 Å². The number of carbonyl (C=O) groups is 1. The van der Waals surface area contributed by atoms with Gasteiger partial charge in [-0.15, -0.1) is 0 Å². The highest BCUT2D eigenvalue weighted by atomic mass is 79.9. The molecule has 0 aliphatic carbocycles. The van der Waals surface area contributed by atoms with Crippen molar-refractivity contribution in [2.75, 3.05) is 6.61 Å². The van der Waals surface area contributed by atoms with E-state index < -0.39 is 5.97 Å². The fourth-order valence-corrected chi connectivity index (χ4v) is 2.41. The van der Waals surface area contributed by atoms with Crippen LogP contribution in [0.25, 0.3) is 0 Å². The van der Waals surface area contributed by atoms with Gasteiger partial charge in [-0.25, -0.2) is 4.79 Å². The van der Waals surface area contributed by atoms with E-state index in [1.165, 1.54) is 0 Å². The zero-order valence-corrected chi connectivity index (χ0v) is 13.7. The van der Waals surface area contributed by atoms with Gasteiger partial charge in [-0.2, -0.15) is 5.26 Å². The molecule has 0 heterocycles. The van der Waals surface area contributed by atoms with E-state index in [0.29, 0.717) is 20.8 Å². The van der Waals surface area contributed by atoms with E-state index in [1.54, 1.807) is 42.5 Å². The molecule has 2 aromatic carbocycles. The molecule has 112 valence electrons. The Bertz CT molecular complexity index is 710. The van der Waals surface area contributed by atoms with Crippen LogP contribution in [0.1, 0.15) is 11.1 Å². The SMILES string of the molecule is N#Cc1ccc(COC(=O)COc2ccc(Cl)cc2Br)cc1. The minimum Gasteiger partial charge on any atom is -0.481 e. The smallest absolute Gasteiger partial charge is 0.344 e. The second kappa shape index (κ2) is 7.83. The van der Waals surface area contributed by atoms with Crippen LogP contribution in [0, 0.1) is 11.3 Å². The van der Waals surface area contributed by atoms with E-state index >= 15 is 0 Å². The molecule has 0 spiro atoms. The summed E-state index contributed by atoms with van der Waals surface area (Å²) < 4.78 is 11.1. The molecule has 0 saturated carbocycles. The Labute approximate surface area is 141 Å². The number of nitrogens with zero attached hydrogens (tertiary/aromatic N) is 1. The van der Waals surface area contributed by atoms with Gasteiger partial charge in [-0.3, -0.25) is 0 Å². The van der Waals surface area contributed by atoms with E-state index in [9.17, 15) is 4.79 Å². The summed E-state index contributed by atoms with van der Waals surface area (Å²) in [7, 11) is 0. The summed E-state index contributed by atoms with van der Waals surface area (Å²) in [6.07, 6.45) is 0. The molecule has 2 rings (SSSR count). The van der Waals surface area contributed by atoms with Crippen molar-refractivity contribution >= 4 is 33.5 Å². The molecule has 0 aliphatic heterocycles. The van der Waals surface area contributed by atoms with Crippen molar-refractivity contribution in [3.63, 3.8) is 0 Å². The molecule has 0 N–H and O–H groups in total. The molecule has 0 radical (unpaired) electrons. The third kappa shape index (κ3) is 4.76. The van der Waals surface area contributed by atoms with Crippen LogP contribution in [-0.4, -0.2) is 12.6 Å². The van der Waals surface area contributed by atoms with Crippen molar-refractivity contribution < 1.29 is 14.3 Å². The van der Waals surface area contributed by atoms with Crippen molar-refractivity contribution in [3.05, 3.63) is 63.1 Å². The van der Waals surface area contributed by atoms with Gasteiger partial charge in [0.25, 0.3) is 0 Å². The predicted octanol–water partition coefficient (Wildman–Crippen LogP) is 4.10. The number of benzene rings is 2. The minimum absolute atomic E-state index is 0.135. The lowest BCUT2D eigenvalue weighted by Gasteiger charge is -2.09. The molecular weight excluding hydrogens is 370 g/mol. The average molecular weight is 381 g/mol. The fourth-order valence-electron chi connectivity index (χ4n) is 1.61. The van der Waals surface area contributed by atoms with Crippen molar-refractivity contribution in [1.29, 1.82) is 5.26 Å². The van der Waals surface area contributed by atoms with Gasteiger partial charge in [0.2, 0.25) is 0 Å². The highest BCUT2D eigenvalue weighted by Gasteiger charge is 2.07. The maximum Gasteiger partial charge on any atom is 0.344 e. The topological polar surface area (TPSA) is 59.3 Å². The van der Waals surface area contributed by atoms with Crippen LogP contribution in [-0.2, 0) is 16.1 Å². The van der Waals surface area contributed by atoms with Gasteiger partial charge >= 0.3 is 5.97 Å². The number of halogens is 2. The van der Waals surface area contributed by atoms with Gasteiger partial charge in [0.15, 0.2) is 6.61 Å². The number of carbonyl (C=O) groups excluding carboxylic acids is 1. The monoisotopic (exact) mass is 379 g/mol. The number of hydrogen-bond donors (Lipinski definition) is 0. The molecule has 4 nitrogen and oxygen atoms in total. The number of rotatable bonds is 5. The second-order valence-corrected chi connectivity index (χ2v) is 5.62. The van der Waals surface area contributed by atoms with Crippen LogP contribution >= 0.6 is 27.5 Å². The first-order chi connectivity index (χ1) is 10.6. The standard InChI is InChI=1S/C16H11BrClNO3/c17-14-7-13(18)5-6-15(14)21-10-16(20)22-9-12-3-1-11(8-19)2-4-12/h1-7H,9-10H2. The highest BCUT2D eigenvalue weighted by molar-refractivity contribution is 9.10. The first-order valence-electron chi connectivity index (χ1n) is 6.31. The first kappa shape index (κ1) is 16.3. The molecule has 22 heavy (non-hydrogen) atoms. The number of esters is 1. The molecule has 0 unspecified atom stereocenters. The Balaban J connectivity index is 1.81. The Kier molecular flexibility index (Phi) is 5.82. The quantitative estimate of drug-likeness (QED) is 0.733. The molecule has 0 fully saturated rings. The lowest BCUT2D eigenvalue weighted by Crippen LogP contribution is -2.14. The average Bonchev–Trinajstić information content (AvgIpc) is 2.52. The van der Waals surface area contributed by atoms with Crippen LogP contribution < -0.4 is 4.74 Å². The number of nitriles is 1. The molecule has 0 saturated heterocycles. The van der Waals surface area contributed by atoms with E-state index in [-0.39, 0.29) is 13.2 Å². The van der Waals surface area contributed by atoms with Crippen molar-refractivity contribution in [3.8, 4) is 11.8 Å². The molecule has 2 aromatic rings. The Morgan fingerprint density at radius 1 is 1.23 bits per heavy atom. The lowest BCUT2D eigenvalue weighted by atomic mass is 10.2. The normalized spacial score (nSPS) is 9.86. The molecule has 0 bridgehead atoms. The van der Waals surface area contributed by atoms with Crippen molar-refractivity contribution in [2.24, 2.45) is 0 Å². The fraction of sp³-hybridized carbons (Fsp3) is 0.125. The Hall–Kier alpha value is -2.03. The zero-order valence-electron chi connectivity index (χ0n) is 11.4. The van der Waals surface area contributed by atoms with Crippen LogP contribution in [0.4, 0.5) is 0 Å². The summed E-state index contributed by atoms with van der Waals surface area (Å²) in [5, 5.41) is 9.27. The largest absolute Gasteiger partial charge is 0.481 e. The van der Waals surface area contributed by atoms with Crippen LogP contribution in [0.5, 0.6) is 5.75 Å². The van der Waals surface area contributed by atoms with Gasteiger partial charge in [0.1, 0.15) is 12.4 Å². The Morgan fingerprint density at radius 3 is 2.59 bits per heavy atom. The summed E-state index contributed by atoms with van der Waals surface area (Å²) in [6, 6.07) is 13.9. The predicted molar refractivity (Wildman–Crippen MR) is 85.6 cm³/mol. The van der Waals surface area contributed by atoms with E-state index in [4.69, 9.17) is 26.3 Å². The molecule has 0 aromatic heterocycles. The zero-order chi connectivity index (χ0) is 15.9. The number of hydrogen-bond acceptors (Lipinski definition) is 4. The summed E-state index contributed by atoms with van der Waals surface area (Å²) >= 11 is 9.12. The third-order valence-electron chi connectivity index (χ3n) is 2.72. The molecule has 0 amide bonds. The summed E-state index contributed by atoms with van der Waals surface area (Å²) in [6.45, 7) is -0.0633. The molecular formula is C16H11BrClNO3. The Morgan fingerprint density at radius 2 is 1.95 bits per heavy atom. The van der Waals surface area contributed by atoms with Crippen LogP contribution in [0.2, 0.25) is 5.02 Å². The van der Waals surface area contributed by atoms with Crippen LogP contribution in [0.3, 0.4) is 0 Å². The van der Waals surface area contributed by atoms with Gasteiger partial charge < -0.3 is 9.47 Å².